The van der Waals surface area contributed by atoms with E-state index in [1.165, 1.54) is 5.56 Å². The number of nitrogens with one attached hydrogen (secondary N) is 1. The molecule has 1 aromatic carbocycles. The van der Waals surface area contributed by atoms with Crippen molar-refractivity contribution in [2.45, 2.75) is 53.2 Å². The number of nitrogens with zero attached hydrogens (tertiary/aromatic N) is 1. The maximum Gasteiger partial charge on any atom is 0.251 e. The van der Waals surface area contributed by atoms with Crippen molar-refractivity contribution in [3.8, 4) is 5.75 Å². The lowest BCUT2D eigenvalue weighted by atomic mass is 9.96. The van der Waals surface area contributed by atoms with Crippen molar-refractivity contribution >= 4 is 5.91 Å². The number of carbonyl (C=O) groups is 1. The van der Waals surface area contributed by atoms with Gasteiger partial charge in [0.05, 0.1) is 6.10 Å². The zero-order valence-corrected chi connectivity index (χ0v) is 17.5. The van der Waals surface area contributed by atoms with E-state index in [1.54, 1.807) is 0 Å². The van der Waals surface area contributed by atoms with Gasteiger partial charge in [0.2, 0.25) is 0 Å². The largest absolute Gasteiger partial charge is 0.491 e. The number of likely N-dealkylation sites (tertiary alicyclic amines) is 1. The number of piperidine rings is 1. The molecule has 0 radical (unpaired) electrons. The lowest BCUT2D eigenvalue weighted by Gasteiger charge is -2.31. The second kappa shape index (κ2) is 9.28. The summed E-state index contributed by atoms with van der Waals surface area (Å²) >= 11 is 0. The standard InChI is InChI=1S/C23H32N2O3/c1-16(2)27-22-7-5-20(6-8-22)23(26)24-14-19-9-11-25(12-10-19)15-21-13-17(3)28-18(21)4/h5-8,13,16,19H,9-12,14-15H2,1-4H3,(H,24,26). The predicted octanol–water partition coefficient (Wildman–Crippen LogP) is 4.33. The van der Waals surface area contributed by atoms with Crippen molar-refractivity contribution in [2.75, 3.05) is 19.6 Å². The van der Waals surface area contributed by atoms with Crippen molar-refractivity contribution in [2.24, 2.45) is 5.92 Å². The van der Waals surface area contributed by atoms with Crippen LogP contribution in [0.1, 0.15) is 54.1 Å². The molecule has 0 aliphatic carbocycles. The van der Waals surface area contributed by atoms with Crippen molar-refractivity contribution in [3.05, 3.63) is 53.0 Å². The maximum atomic E-state index is 12.4. The Hall–Kier alpha value is -2.27. The Morgan fingerprint density at radius 2 is 1.89 bits per heavy atom. The molecule has 3 rings (SSSR count). The van der Waals surface area contributed by atoms with Gasteiger partial charge >= 0.3 is 0 Å². The van der Waals surface area contributed by atoms with Gasteiger partial charge in [0.15, 0.2) is 0 Å². The number of aryl methyl sites for hydroxylation is 2. The minimum atomic E-state index is -0.0111. The van der Waals surface area contributed by atoms with Crippen LogP contribution in [0.15, 0.2) is 34.7 Å². The van der Waals surface area contributed by atoms with E-state index in [0.717, 1.165) is 56.3 Å². The fourth-order valence-electron chi connectivity index (χ4n) is 3.73. The molecule has 1 saturated heterocycles. The molecule has 0 spiro atoms. The van der Waals surface area contributed by atoms with E-state index >= 15 is 0 Å². The molecular weight excluding hydrogens is 352 g/mol. The zero-order valence-electron chi connectivity index (χ0n) is 17.5. The monoisotopic (exact) mass is 384 g/mol. The van der Waals surface area contributed by atoms with Crippen LogP contribution in [0.25, 0.3) is 0 Å². The molecule has 2 heterocycles. The first kappa shape index (κ1) is 20.5. The van der Waals surface area contributed by atoms with E-state index in [2.05, 4.69) is 16.3 Å². The van der Waals surface area contributed by atoms with Crippen molar-refractivity contribution in [1.82, 2.24) is 10.2 Å². The normalized spacial score (nSPS) is 15.8. The minimum Gasteiger partial charge on any atom is -0.491 e. The summed E-state index contributed by atoms with van der Waals surface area (Å²) in [7, 11) is 0. The van der Waals surface area contributed by atoms with E-state index in [9.17, 15) is 4.79 Å². The van der Waals surface area contributed by atoms with Gasteiger partial charge in [-0.05, 0) is 89.9 Å². The van der Waals surface area contributed by atoms with Crippen LogP contribution in [-0.4, -0.2) is 36.5 Å². The number of amides is 1. The van der Waals surface area contributed by atoms with Gasteiger partial charge in [-0.1, -0.05) is 0 Å². The molecule has 2 aromatic rings. The van der Waals surface area contributed by atoms with Crippen LogP contribution in [0.5, 0.6) is 5.75 Å². The molecular formula is C23H32N2O3. The smallest absolute Gasteiger partial charge is 0.251 e. The summed E-state index contributed by atoms with van der Waals surface area (Å²) in [4.78, 5) is 14.9. The first-order chi connectivity index (χ1) is 13.4. The highest BCUT2D eigenvalue weighted by atomic mass is 16.5. The molecule has 1 N–H and O–H groups in total. The average Bonchev–Trinajstić information content (AvgIpc) is 2.98. The summed E-state index contributed by atoms with van der Waals surface area (Å²) in [6, 6.07) is 9.49. The Morgan fingerprint density at radius 3 is 2.46 bits per heavy atom. The molecule has 1 fully saturated rings. The third kappa shape index (κ3) is 5.61. The summed E-state index contributed by atoms with van der Waals surface area (Å²) < 4.78 is 11.3. The quantitative estimate of drug-likeness (QED) is 0.772. The third-order valence-corrected chi connectivity index (χ3v) is 5.28. The second-order valence-electron chi connectivity index (χ2n) is 8.06. The molecule has 1 aromatic heterocycles. The first-order valence-electron chi connectivity index (χ1n) is 10.2. The van der Waals surface area contributed by atoms with E-state index in [0.29, 0.717) is 11.5 Å². The molecule has 1 aliphatic rings. The number of furan rings is 1. The Kier molecular flexibility index (Phi) is 6.79. The zero-order chi connectivity index (χ0) is 20.1. The van der Waals surface area contributed by atoms with Crippen LogP contribution in [0.3, 0.4) is 0 Å². The van der Waals surface area contributed by atoms with E-state index in [4.69, 9.17) is 9.15 Å². The average molecular weight is 385 g/mol. The second-order valence-corrected chi connectivity index (χ2v) is 8.06. The number of rotatable bonds is 7. The number of hydrogen-bond donors (Lipinski definition) is 1. The SMILES string of the molecule is Cc1cc(CN2CCC(CNC(=O)c3ccc(OC(C)C)cc3)CC2)c(C)o1. The fourth-order valence-corrected chi connectivity index (χ4v) is 3.73. The highest BCUT2D eigenvalue weighted by Gasteiger charge is 2.21. The summed E-state index contributed by atoms with van der Waals surface area (Å²) in [5.41, 5.74) is 1.97. The van der Waals surface area contributed by atoms with Gasteiger partial charge in [0.1, 0.15) is 17.3 Å². The predicted molar refractivity (Wildman–Crippen MR) is 111 cm³/mol. The van der Waals surface area contributed by atoms with Crippen molar-refractivity contribution in [3.63, 3.8) is 0 Å². The molecule has 5 heteroatoms. The summed E-state index contributed by atoms with van der Waals surface area (Å²) in [6.45, 7) is 11.8. The van der Waals surface area contributed by atoms with Crippen LogP contribution in [0.4, 0.5) is 0 Å². The fraction of sp³-hybridized carbons (Fsp3) is 0.522. The van der Waals surface area contributed by atoms with Gasteiger partial charge < -0.3 is 14.5 Å². The summed E-state index contributed by atoms with van der Waals surface area (Å²) in [5, 5.41) is 3.09. The Bertz CT molecular complexity index is 772. The van der Waals surface area contributed by atoms with E-state index < -0.39 is 0 Å². The van der Waals surface area contributed by atoms with Crippen LogP contribution in [-0.2, 0) is 6.54 Å². The summed E-state index contributed by atoms with van der Waals surface area (Å²) in [6.07, 6.45) is 2.35. The van der Waals surface area contributed by atoms with Crippen molar-refractivity contribution in [1.29, 1.82) is 0 Å². The molecule has 0 bridgehead atoms. The highest BCUT2D eigenvalue weighted by molar-refractivity contribution is 5.94. The van der Waals surface area contributed by atoms with Gasteiger partial charge in [0, 0.05) is 24.2 Å². The number of benzene rings is 1. The van der Waals surface area contributed by atoms with Crippen molar-refractivity contribution < 1.29 is 13.9 Å². The Labute approximate surface area is 168 Å². The molecule has 5 nitrogen and oxygen atoms in total. The lowest BCUT2D eigenvalue weighted by molar-refractivity contribution is 0.0935. The third-order valence-electron chi connectivity index (χ3n) is 5.28. The van der Waals surface area contributed by atoms with Crippen LogP contribution in [0, 0.1) is 19.8 Å². The highest BCUT2D eigenvalue weighted by Crippen LogP contribution is 2.21. The summed E-state index contributed by atoms with van der Waals surface area (Å²) in [5.74, 6) is 3.33. The molecule has 1 aliphatic heterocycles. The van der Waals surface area contributed by atoms with Crippen LogP contribution < -0.4 is 10.1 Å². The van der Waals surface area contributed by atoms with E-state index in [-0.39, 0.29) is 12.0 Å². The minimum absolute atomic E-state index is 0.0111. The molecule has 0 unspecified atom stereocenters. The lowest BCUT2D eigenvalue weighted by Crippen LogP contribution is -2.38. The van der Waals surface area contributed by atoms with Gasteiger partial charge in [-0.15, -0.1) is 0 Å². The van der Waals surface area contributed by atoms with Gasteiger partial charge in [0.25, 0.3) is 5.91 Å². The van der Waals surface area contributed by atoms with Gasteiger partial charge in [-0.2, -0.15) is 0 Å². The maximum absolute atomic E-state index is 12.4. The Morgan fingerprint density at radius 1 is 1.21 bits per heavy atom. The number of ether oxygens (including phenoxy) is 1. The van der Waals surface area contributed by atoms with Gasteiger partial charge in [-0.3, -0.25) is 9.69 Å². The van der Waals surface area contributed by atoms with Crippen LogP contribution >= 0.6 is 0 Å². The Balaban J connectivity index is 1.41. The van der Waals surface area contributed by atoms with E-state index in [1.807, 2.05) is 52.0 Å². The topological polar surface area (TPSA) is 54.7 Å². The number of hydrogen-bond acceptors (Lipinski definition) is 4. The molecule has 1 amide bonds. The molecule has 28 heavy (non-hydrogen) atoms. The van der Waals surface area contributed by atoms with Crippen LogP contribution in [0.2, 0.25) is 0 Å². The molecule has 0 atom stereocenters. The molecule has 152 valence electrons. The first-order valence-corrected chi connectivity index (χ1v) is 10.2. The number of carbonyl (C=O) groups excluding carboxylic acids is 1. The van der Waals surface area contributed by atoms with Gasteiger partial charge in [-0.25, -0.2) is 0 Å². The molecule has 0 saturated carbocycles.